The van der Waals surface area contributed by atoms with E-state index in [2.05, 4.69) is 10.4 Å². The van der Waals surface area contributed by atoms with Crippen molar-refractivity contribution in [2.24, 2.45) is 0 Å². The van der Waals surface area contributed by atoms with Crippen LogP contribution in [0.3, 0.4) is 0 Å². The SMILES string of the molecule is Cc1ccc(C(=O)O)cc1CNC(=O)CN1CCn2nc(CO)cc2C1. The average Bonchev–Trinajstić information content (AvgIpc) is 3.03. The Bertz CT molecular complexity index is 831. The number of aliphatic hydroxyl groups excluding tert-OH is 1. The number of carboxylic acid groups (broad SMARTS) is 1. The van der Waals surface area contributed by atoms with Gasteiger partial charge in [-0.25, -0.2) is 4.79 Å². The van der Waals surface area contributed by atoms with Crippen molar-refractivity contribution in [3.8, 4) is 0 Å². The van der Waals surface area contributed by atoms with Gasteiger partial charge < -0.3 is 15.5 Å². The highest BCUT2D eigenvalue weighted by Crippen LogP contribution is 2.14. The Morgan fingerprint density at radius 1 is 1.27 bits per heavy atom. The number of aliphatic hydroxyl groups is 1. The Kier molecular flexibility index (Phi) is 5.34. The Balaban J connectivity index is 1.55. The number of aromatic nitrogens is 2. The monoisotopic (exact) mass is 358 g/mol. The van der Waals surface area contributed by atoms with Gasteiger partial charge in [0.2, 0.25) is 5.91 Å². The number of carbonyl (C=O) groups excluding carboxylic acids is 1. The van der Waals surface area contributed by atoms with Gasteiger partial charge in [-0.05, 0) is 36.2 Å². The summed E-state index contributed by atoms with van der Waals surface area (Å²) in [6.45, 7) is 4.35. The third kappa shape index (κ3) is 4.09. The molecule has 0 fully saturated rings. The first-order chi connectivity index (χ1) is 12.5. The van der Waals surface area contributed by atoms with Crippen molar-refractivity contribution in [1.29, 1.82) is 0 Å². The molecule has 1 aliphatic rings. The number of hydrogen-bond acceptors (Lipinski definition) is 5. The summed E-state index contributed by atoms with van der Waals surface area (Å²) in [5.41, 5.74) is 3.57. The molecular weight excluding hydrogens is 336 g/mol. The van der Waals surface area contributed by atoms with Crippen LogP contribution in [0.25, 0.3) is 0 Å². The molecule has 3 N–H and O–H groups in total. The quantitative estimate of drug-likeness (QED) is 0.695. The molecule has 0 spiro atoms. The minimum absolute atomic E-state index is 0.0881. The molecule has 1 aromatic carbocycles. The predicted molar refractivity (Wildman–Crippen MR) is 93.4 cm³/mol. The van der Waals surface area contributed by atoms with Crippen LogP contribution in [-0.4, -0.2) is 49.9 Å². The topological polar surface area (TPSA) is 108 Å². The lowest BCUT2D eigenvalue weighted by Crippen LogP contribution is -2.41. The van der Waals surface area contributed by atoms with E-state index in [1.807, 2.05) is 22.6 Å². The van der Waals surface area contributed by atoms with Crippen LogP contribution in [0.5, 0.6) is 0 Å². The van der Waals surface area contributed by atoms with Crippen LogP contribution in [0.1, 0.15) is 32.9 Å². The van der Waals surface area contributed by atoms with Crippen LogP contribution < -0.4 is 5.32 Å². The summed E-state index contributed by atoms with van der Waals surface area (Å²) >= 11 is 0. The van der Waals surface area contributed by atoms with Crippen molar-refractivity contribution in [3.63, 3.8) is 0 Å². The van der Waals surface area contributed by atoms with E-state index in [1.54, 1.807) is 18.2 Å². The number of benzene rings is 1. The number of aromatic carboxylic acids is 1. The van der Waals surface area contributed by atoms with E-state index in [9.17, 15) is 9.59 Å². The number of aryl methyl sites for hydroxylation is 1. The smallest absolute Gasteiger partial charge is 0.335 e. The summed E-state index contributed by atoms with van der Waals surface area (Å²) in [6.07, 6.45) is 0. The molecule has 0 unspecified atom stereocenters. The Morgan fingerprint density at radius 2 is 2.08 bits per heavy atom. The molecule has 8 heteroatoms. The van der Waals surface area contributed by atoms with Gasteiger partial charge >= 0.3 is 5.97 Å². The highest BCUT2D eigenvalue weighted by Gasteiger charge is 2.20. The van der Waals surface area contributed by atoms with Crippen molar-refractivity contribution in [2.45, 2.75) is 33.2 Å². The van der Waals surface area contributed by atoms with E-state index < -0.39 is 5.97 Å². The molecule has 1 aliphatic heterocycles. The second-order valence-electron chi connectivity index (χ2n) is 6.44. The molecule has 2 aromatic rings. The molecule has 8 nitrogen and oxygen atoms in total. The van der Waals surface area contributed by atoms with Crippen LogP contribution in [-0.2, 0) is 31.0 Å². The second-order valence-corrected chi connectivity index (χ2v) is 6.44. The number of carboxylic acids is 1. The van der Waals surface area contributed by atoms with Crippen LogP contribution in [0.2, 0.25) is 0 Å². The maximum atomic E-state index is 12.3. The summed E-state index contributed by atoms with van der Waals surface area (Å²) in [7, 11) is 0. The van der Waals surface area contributed by atoms with E-state index in [0.29, 0.717) is 31.9 Å². The lowest BCUT2D eigenvalue weighted by molar-refractivity contribution is -0.122. The number of fused-ring (bicyclic) bond motifs is 1. The van der Waals surface area contributed by atoms with E-state index in [-0.39, 0.29) is 24.6 Å². The third-order valence-electron chi connectivity index (χ3n) is 4.53. The largest absolute Gasteiger partial charge is 0.478 e. The number of hydrogen-bond donors (Lipinski definition) is 3. The standard InChI is InChI=1S/C18H22N4O4/c1-12-2-3-13(18(25)26)6-14(12)8-19-17(24)10-21-4-5-22-16(9-21)7-15(11-23)20-22/h2-3,6-7,23H,4-5,8-11H2,1H3,(H,19,24)(H,25,26). The Morgan fingerprint density at radius 3 is 2.81 bits per heavy atom. The molecular formula is C18H22N4O4. The first-order valence-electron chi connectivity index (χ1n) is 8.44. The summed E-state index contributed by atoms with van der Waals surface area (Å²) in [5.74, 6) is -1.09. The lowest BCUT2D eigenvalue weighted by atomic mass is 10.0. The highest BCUT2D eigenvalue weighted by atomic mass is 16.4. The molecule has 3 rings (SSSR count). The van der Waals surface area contributed by atoms with Gasteiger partial charge in [0, 0.05) is 19.6 Å². The van der Waals surface area contributed by atoms with Crippen molar-refractivity contribution in [1.82, 2.24) is 20.0 Å². The maximum Gasteiger partial charge on any atom is 0.335 e. The molecule has 0 atom stereocenters. The van der Waals surface area contributed by atoms with Crippen molar-refractivity contribution in [2.75, 3.05) is 13.1 Å². The fraction of sp³-hybridized carbons (Fsp3) is 0.389. The number of rotatable bonds is 6. The molecule has 0 saturated heterocycles. The van der Waals surface area contributed by atoms with Crippen LogP contribution in [0, 0.1) is 6.92 Å². The van der Waals surface area contributed by atoms with Gasteiger partial charge in [0.1, 0.15) is 0 Å². The van der Waals surface area contributed by atoms with Gasteiger partial charge in [0.05, 0.1) is 36.6 Å². The Hall–Kier alpha value is -2.71. The normalized spacial score (nSPS) is 14.1. The highest BCUT2D eigenvalue weighted by molar-refractivity contribution is 5.88. The van der Waals surface area contributed by atoms with E-state index in [0.717, 1.165) is 16.8 Å². The molecule has 26 heavy (non-hydrogen) atoms. The number of carbonyl (C=O) groups is 2. The van der Waals surface area contributed by atoms with Gasteiger partial charge in [-0.3, -0.25) is 14.4 Å². The zero-order chi connectivity index (χ0) is 18.7. The van der Waals surface area contributed by atoms with Gasteiger partial charge in [0.25, 0.3) is 0 Å². The molecule has 0 bridgehead atoms. The van der Waals surface area contributed by atoms with Gasteiger partial charge in [-0.2, -0.15) is 5.10 Å². The number of nitrogens with zero attached hydrogens (tertiary/aromatic N) is 3. The van der Waals surface area contributed by atoms with Gasteiger partial charge in [-0.1, -0.05) is 6.07 Å². The van der Waals surface area contributed by atoms with Crippen molar-refractivity contribution in [3.05, 3.63) is 52.3 Å². The molecule has 138 valence electrons. The van der Waals surface area contributed by atoms with E-state index in [1.165, 1.54) is 0 Å². The summed E-state index contributed by atoms with van der Waals surface area (Å²) < 4.78 is 1.86. The average molecular weight is 358 g/mol. The van der Waals surface area contributed by atoms with Gasteiger partial charge in [-0.15, -0.1) is 0 Å². The van der Waals surface area contributed by atoms with Crippen molar-refractivity contribution >= 4 is 11.9 Å². The lowest BCUT2D eigenvalue weighted by Gasteiger charge is -2.26. The number of nitrogens with one attached hydrogen (secondary N) is 1. The molecule has 0 saturated carbocycles. The fourth-order valence-corrected chi connectivity index (χ4v) is 3.04. The van der Waals surface area contributed by atoms with Crippen LogP contribution in [0.4, 0.5) is 0 Å². The summed E-state index contributed by atoms with van der Waals surface area (Å²) in [4.78, 5) is 25.4. The molecule has 1 aromatic heterocycles. The van der Waals surface area contributed by atoms with Gasteiger partial charge in [0.15, 0.2) is 0 Å². The summed E-state index contributed by atoms with van der Waals surface area (Å²) in [6, 6.07) is 6.74. The third-order valence-corrected chi connectivity index (χ3v) is 4.53. The van der Waals surface area contributed by atoms with Crippen LogP contribution in [0.15, 0.2) is 24.3 Å². The van der Waals surface area contributed by atoms with E-state index in [4.69, 9.17) is 10.2 Å². The Labute approximate surface area is 151 Å². The summed E-state index contributed by atoms with van der Waals surface area (Å²) in [5, 5.41) is 25.4. The van der Waals surface area contributed by atoms with Crippen molar-refractivity contribution < 1.29 is 19.8 Å². The van der Waals surface area contributed by atoms with Crippen LogP contribution >= 0.6 is 0 Å². The first-order valence-corrected chi connectivity index (χ1v) is 8.44. The van der Waals surface area contributed by atoms with E-state index >= 15 is 0 Å². The first kappa shape index (κ1) is 18.1. The minimum atomic E-state index is -0.982. The number of amides is 1. The molecule has 0 radical (unpaired) electrons. The predicted octanol–water partition coefficient (Wildman–Crippen LogP) is 0.514. The minimum Gasteiger partial charge on any atom is -0.478 e. The molecule has 0 aliphatic carbocycles. The molecule has 1 amide bonds. The zero-order valence-corrected chi connectivity index (χ0v) is 14.6. The molecule has 2 heterocycles. The second kappa shape index (κ2) is 7.67. The fourth-order valence-electron chi connectivity index (χ4n) is 3.04. The maximum absolute atomic E-state index is 12.3. The zero-order valence-electron chi connectivity index (χ0n) is 14.6.